The lowest BCUT2D eigenvalue weighted by Gasteiger charge is -2.32. The predicted octanol–water partition coefficient (Wildman–Crippen LogP) is 2.81. The fraction of sp³-hybridized carbons (Fsp3) is 0.500. The molecule has 0 atom stereocenters. The number of nitrogens with two attached hydrogens (primary N) is 1. The molecule has 0 radical (unpaired) electrons. The minimum absolute atomic E-state index is 0.0176. The summed E-state index contributed by atoms with van der Waals surface area (Å²) in [7, 11) is 0. The molecule has 104 valence electrons. The minimum atomic E-state index is -1.04. The van der Waals surface area contributed by atoms with Crippen LogP contribution in [0.1, 0.15) is 36.5 Å². The summed E-state index contributed by atoms with van der Waals surface area (Å²) < 4.78 is 26.2. The van der Waals surface area contributed by atoms with Gasteiger partial charge in [0.25, 0.3) is 5.91 Å². The summed E-state index contributed by atoms with van der Waals surface area (Å²) >= 11 is 0. The normalized spacial score (nSPS) is 15.1. The number of rotatable bonds is 4. The van der Waals surface area contributed by atoms with Crippen molar-refractivity contribution in [2.75, 3.05) is 18.8 Å². The second kappa shape index (κ2) is 5.55. The van der Waals surface area contributed by atoms with E-state index in [2.05, 4.69) is 0 Å². The molecule has 1 aromatic carbocycles. The van der Waals surface area contributed by atoms with Crippen LogP contribution in [0, 0.1) is 17.6 Å². The smallest absolute Gasteiger partial charge is 0.256 e. The first kappa shape index (κ1) is 13.8. The molecule has 0 aromatic heterocycles. The van der Waals surface area contributed by atoms with Crippen LogP contribution in [0.25, 0.3) is 0 Å². The van der Waals surface area contributed by atoms with Crippen LogP contribution in [0.3, 0.4) is 0 Å². The van der Waals surface area contributed by atoms with E-state index in [1.165, 1.54) is 6.42 Å². The molecule has 1 saturated carbocycles. The Morgan fingerprint density at radius 2 is 2.00 bits per heavy atom. The summed E-state index contributed by atoms with van der Waals surface area (Å²) in [6.45, 7) is 3.06. The lowest BCUT2D eigenvalue weighted by Crippen LogP contribution is -2.37. The van der Waals surface area contributed by atoms with E-state index in [1.807, 2.05) is 6.92 Å². The number of hydrogen-bond acceptors (Lipinski definition) is 2. The van der Waals surface area contributed by atoms with Gasteiger partial charge in [0.15, 0.2) is 11.6 Å². The van der Waals surface area contributed by atoms with Crippen LogP contribution >= 0.6 is 0 Å². The Balaban J connectivity index is 2.18. The largest absolute Gasteiger partial charge is 0.398 e. The lowest BCUT2D eigenvalue weighted by atomic mass is 9.85. The summed E-state index contributed by atoms with van der Waals surface area (Å²) in [5.41, 5.74) is 5.63. The van der Waals surface area contributed by atoms with Crippen molar-refractivity contribution in [2.24, 2.45) is 5.92 Å². The van der Waals surface area contributed by atoms with Gasteiger partial charge in [0.1, 0.15) is 0 Å². The van der Waals surface area contributed by atoms with Gasteiger partial charge in [0, 0.05) is 24.8 Å². The monoisotopic (exact) mass is 268 g/mol. The Hall–Kier alpha value is -1.65. The maximum Gasteiger partial charge on any atom is 0.256 e. The third-order valence-corrected chi connectivity index (χ3v) is 3.70. The molecule has 0 unspecified atom stereocenters. The van der Waals surface area contributed by atoms with E-state index in [1.54, 1.807) is 4.90 Å². The third kappa shape index (κ3) is 2.85. The number of benzene rings is 1. The van der Waals surface area contributed by atoms with Crippen LogP contribution in [0.2, 0.25) is 0 Å². The summed E-state index contributed by atoms with van der Waals surface area (Å²) in [5, 5.41) is 0. The highest BCUT2D eigenvalue weighted by Gasteiger charge is 2.25. The second-order valence-electron chi connectivity index (χ2n) is 4.99. The highest BCUT2D eigenvalue weighted by Crippen LogP contribution is 2.28. The summed E-state index contributed by atoms with van der Waals surface area (Å²) in [4.78, 5) is 13.9. The zero-order chi connectivity index (χ0) is 14.0. The number of hydrogen-bond donors (Lipinski definition) is 1. The average molecular weight is 268 g/mol. The van der Waals surface area contributed by atoms with Gasteiger partial charge in [-0.2, -0.15) is 0 Å². The zero-order valence-electron chi connectivity index (χ0n) is 11.0. The van der Waals surface area contributed by atoms with Crippen LogP contribution in [0.4, 0.5) is 14.5 Å². The fourth-order valence-electron chi connectivity index (χ4n) is 2.26. The maximum atomic E-state index is 13.2. The van der Waals surface area contributed by atoms with Gasteiger partial charge < -0.3 is 10.6 Å². The first-order valence-corrected chi connectivity index (χ1v) is 6.56. The first-order valence-electron chi connectivity index (χ1n) is 6.56. The minimum Gasteiger partial charge on any atom is -0.398 e. The van der Waals surface area contributed by atoms with Crippen LogP contribution in [-0.2, 0) is 0 Å². The number of halogens is 2. The van der Waals surface area contributed by atoms with E-state index < -0.39 is 11.6 Å². The second-order valence-corrected chi connectivity index (χ2v) is 4.99. The molecule has 0 aliphatic heterocycles. The van der Waals surface area contributed by atoms with E-state index >= 15 is 0 Å². The van der Waals surface area contributed by atoms with Crippen molar-refractivity contribution in [1.82, 2.24) is 4.90 Å². The van der Waals surface area contributed by atoms with Gasteiger partial charge in [-0.15, -0.1) is 0 Å². The Bertz CT molecular complexity index is 487. The maximum absolute atomic E-state index is 13.2. The van der Waals surface area contributed by atoms with Crippen LogP contribution < -0.4 is 5.73 Å². The van der Waals surface area contributed by atoms with Crippen molar-refractivity contribution in [1.29, 1.82) is 0 Å². The average Bonchev–Trinajstić information content (AvgIpc) is 2.32. The van der Waals surface area contributed by atoms with Crippen molar-refractivity contribution >= 4 is 11.6 Å². The van der Waals surface area contributed by atoms with Crippen molar-refractivity contribution in [3.8, 4) is 0 Å². The van der Waals surface area contributed by atoms with Gasteiger partial charge in [-0.1, -0.05) is 6.42 Å². The number of amides is 1. The van der Waals surface area contributed by atoms with E-state index in [9.17, 15) is 13.6 Å². The van der Waals surface area contributed by atoms with E-state index in [4.69, 9.17) is 5.73 Å². The Kier molecular flexibility index (Phi) is 4.02. The molecule has 3 nitrogen and oxygen atoms in total. The van der Waals surface area contributed by atoms with Crippen LogP contribution in [0.15, 0.2) is 12.1 Å². The van der Waals surface area contributed by atoms with E-state index in [-0.39, 0.29) is 17.2 Å². The molecule has 1 aromatic rings. The van der Waals surface area contributed by atoms with Crippen molar-refractivity contribution in [2.45, 2.75) is 26.2 Å². The first-order chi connectivity index (χ1) is 9.02. The van der Waals surface area contributed by atoms with Gasteiger partial charge in [0.2, 0.25) is 0 Å². The number of carbonyl (C=O) groups excluding carboxylic acids is 1. The van der Waals surface area contributed by atoms with E-state index in [0.29, 0.717) is 19.0 Å². The summed E-state index contributed by atoms with van der Waals surface area (Å²) in [6.07, 6.45) is 3.44. The van der Waals surface area contributed by atoms with Crippen molar-refractivity contribution < 1.29 is 13.6 Å². The van der Waals surface area contributed by atoms with Gasteiger partial charge in [-0.05, 0) is 31.7 Å². The molecule has 0 saturated heterocycles. The van der Waals surface area contributed by atoms with E-state index in [0.717, 1.165) is 25.0 Å². The number of nitrogens with zero attached hydrogens (tertiary/aromatic N) is 1. The Morgan fingerprint density at radius 1 is 1.37 bits per heavy atom. The third-order valence-electron chi connectivity index (χ3n) is 3.70. The Morgan fingerprint density at radius 3 is 2.53 bits per heavy atom. The summed E-state index contributed by atoms with van der Waals surface area (Å²) in [6, 6.07) is 1.75. The lowest BCUT2D eigenvalue weighted by molar-refractivity contribution is 0.0707. The number of anilines is 1. The predicted molar refractivity (Wildman–Crippen MR) is 69.7 cm³/mol. The zero-order valence-corrected chi connectivity index (χ0v) is 11.0. The van der Waals surface area contributed by atoms with Crippen molar-refractivity contribution in [3.05, 3.63) is 29.3 Å². The van der Waals surface area contributed by atoms with Gasteiger partial charge in [-0.25, -0.2) is 8.78 Å². The molecular formula is C14H18F2N2O. The standard InChI is InChI=1S/C14H18F2N2O/c1-2-18(8-9-4-3-5-9)14(19)10-6-11(15)12(16)7-13(10)17/h6-7,9H,2-5,8,17H2,1H3. The van der Waals surface area contributed by atoms with Gasteiger partial charge in [-0.3, -0.25) is 4.79 Å². The number of carbonyl (C=O) groups is 1. The molecule has 0 heterocycles. The Labute approximate surface area is 111 Å². The number of nitrogen functional groups attached to an aromatic ring is 1. The SMILES string of the molecule is CCN(CC1CCC1)C(=O)c1cc(F)c(F)cc1N. The molecule has 0 spiro atoms. The van der Waals surface area contributed by atoms with Crippen molar-refractivity contribution in [3.63, 3.8) is 0 Å². The molecule has 1 fully saturated rings. The molecule has 2 N–H and O–H groups in total. The van der Waals surface area contributed by atoms with Crippen LogP contribution in [0.5, 0.6) is 0 Å². The molecule has 1 aliphatic carbocycles. The molecule has 5 heteroatoms. The molecule has 0 bridgehead atoms. The highest BCUT2D eigenvalue weighted by molar-refractivity contribution is 5.99. The highest BCUT2D eigenvalue weighted by atomic mass is 19.2. The molecule has 1 aliphatic rings. The van der Waals surface area contributed by atoms with Gasteiger partial charge >= 0.3 is 0 Å². The molecule has 19 heavy (non-hydrogen) atoms. The fourth-order valence-corrected chi connectivity index (χ4v) is 2.26. The van der Waals surface area contributed by atoms with Crippen LogP contribution in [-0.4, -0.2) is 23.9 Å². The van der Waals surface area contributed by atoms with Gasteiger partial charge in [0.05, 0.1) is 5.56 Å². The molecule has 1 amide bonds. The quantitative estimate of drug-likeness (QED) is 0.853. The molecular weight excluding hydrogens is 250 g/mol. The molecule has 2 rings (SSSR count). The topological polar surface area (TPSA) is 46.3 Å². The summed E-state index contributed by atoms with van der Waals surface area (Å²) in [5.74, 6) is -1.88.